The van der Waals surface area contributed by atoms with Crippen molar-refractivity contribution >= 4 is 10.0 Å². The molecule has 5 nitrogen and oxygen atoms in total. The van der Waals surface area contributed by atoms with Gasteiger partial charge in [-0.3, -0.25) is 0 Å². The summed E-state index contributed by atoms with van der Waals surface area (Å²) in [5.41, 5.74) is 0. The Balaban J connectivity index is 4.63. The van der Waals surface area contributed by atoms with Gasteiger partial charge in [0.05, 0.1) is 11.9 Å². The first kappa shape index (κ1) is 16.6. The molecule has 0 bridgehead atoms. The Morgan fingerprint density at radius 1 is 1.41 bits per heavy atom. The molecule has 0 aromatic rings. The van der Waals surface area contributed by atoms with Gasteiger partial charge in [-0.25, -0.2) is 8.42 Å². The molecule has 0 saturated carbocycles. The first-order valence-electron chi connectivity index (χ1n) is 5.80. The Labute approximate surface area is 105 Å². The summed E-state index contributed by atoms with van der Waals surface area (Å²) in [6, 6.07) is 0.248. The second-order valence-electron chi connectivity index (χ2n) is 4.29. The zero-order valence-corrected chi connectivity index (χ0v) is 11.7. The highest BCUT2D eigenvalue weighted by Gasteiger charge is 2.27. The summed E-state index contributed by atoms with van der Waals surface area (Å²) in [4.78, 5) is 0. The van der Waals surface area contributed by atoms with Gasteiger partial charge in [-0.05, 0) is 6.92 Å². The molecule has 0 amide bonds. The number of nitrogens with zero attached hydrogens (tertiary/aromatic N) is 1. The molecule has 1 atom stereocenters. The summed E-state index contributed by atoms with van der Waals surface area (Å²) in [5.74, 6) is 0. The van der Waals surface area contributed by atoms with Crippen LogP contribution >= 0.6 is 0 Å². The Hall–Kier alpha value is -0.430. The number of aliphatic hydroxyl groups excluding tert-OH is 1. The highest BCUT2D eigenvalue weighted by Crippen LogP contribution is 2.08. The second kappa shape index (κ2) is 7.81. The number of hydrogen-bond acceptors (Lipinski definition) is 4. The van der Waals surface area contributed by atoms with Gasteiger partial charge >= 0.3 is 0 Å². The van der Waals surface area contributed by atoms with Crippen LogP contribution < -0.4 is 5.32 Å². The fourth-order valence-electron chi connectivity index (χ4n) is 1.34. The van der Waals surface area contributed by atoms with E-state index in [0.717, 1.165) is 0 Å². The molecule has 0 radical (unpaired) electrons. The van der Waals surface area contributed by atoms with E-state index in [1.54, 1.807) is 6.92 Å². The van der Waals surface area contributed by atoms with Gasteiger partial charge in [-0.2, -0.15) is 4.31 Å². The minimum Gasteiger partial charge on any atom is -0.395 e. The lowest BCUT2D eigenvalue weighted by Gasteiger charge is -2.24. The van der Waals surface area contributed by atoms with Crippen LogP contribution in [0.3, 0.4) is 0 Å². The van der Waals surface area contributed by atoms with Gasteiger partial charge in [-0.15, -0.1) is 6.58 Å². The smallest absolute Gasteiger partial charge is 0.218 e. The lowest BCUT2D eigenvalue weighted by Crippen LogP contribution is -2.44. The molecule has 1 unspecified atom stereocenters. The van der Waals surface area contributed by atoms with Crippen molar-refractivity contribution in [1.29, 1.82) is 0 Å². The van der Waals surface area contributed by atoms with E-state index in [4.69, 9.17) is 5.11 Å². The molecule has 0 fully saturated rings. The Morgan fingerprint density at radius 2 is 2.00 bits per heavy atom. The van der Waals surface area contributed by atoms with Gasteiger partial charge < -0.3 is 10.4 Å². The predicted molar refractivity (Wildman–Crippen MR) is 70.4 cm³/mol. The lowest BCUT2D eigenvalue weighted by molar-refractivity contribution is 0.259. The molecule has 0 aromatic heterocycles. The molecule has 17 heavy (non-hydrogen) atoms. The van der Waals surface area contributed by atoms with Crippen molar-refractivity contribution in [2.75, 3.05) is 26.2 Å². The highest BCUT2D eigenvalue weighted by molar-refractivity contribution is 7.89. The topological polar surface area (TPSA) is 69.6 Å². The zero-order chi connectivity index (χ0) is 13.5. The SMILES string of the molecule is C=CCN(CCO)S(=O)(=O)C(C)CNC(C)C. The standard InChI is InChI=1S/C11H24N2O3S/c1-5-6-13(7-8-14)17(15,16)11(4)9-12-10(2)3/h5,10-12,14H,1,6-9H2,2-4H3. The van der Waals surface area contributed by atoms with Gasteiger partial charge in [-0.1, -0.05) is 19.9 Å². The summed E-state index contributed by atoms with van der Waals surface area (Å²) >= 11 is 0. The summed E-state index contributed by atoms with van der Waals surface area (Å²) in [7, 11) is -3.38. The van der Waals surface area contributed by atoms with Crippen molar-refractivity contribution in [3.05, 3.63) is 12.7 Å². The van der Waals surface area contributed by atoms with Crippen LogP contribution in [0.25, 0.3) is 0 Å². The van der Waals surface area contributed by atoms with E-state index < -0.39 is 15.3 Å². The largest absolute Gasteiger partial charge is 0.395 e. The number of hydrogen-bond donors (Lipinski definition) is 2. The minimum atomic E-state index is -3.38. The first-order valence-corrected chi connectivity index (χ1v) is 7.30. The quantitative estimate of drug-likeness (QED) is 0.583. The fraction of sp³-hybridized carbons (Fsp3) is 0.818. The van der Waals surface area contributed by atoms with E-state index in [1.165, 1.54) is 10.4 Å². The van der Waals surface area contributed by atoms with Crippen molar-refractivity contribution < 1.29 is 13.5 Å². The first-order chi connectivity index (χ1) is 7.86. The molecular formula is C11H24N2O3S. The summed E-state index contributed by atoms with van der Waals surface area (Å²) < 4.78 is 25.6. The van der Waals surface area contributed by atoms with Gasteiger partial charge in [0, 0.05) is 25.7 Å². The summed E-state index contributed by atoms with van der Waals surface area (Å²) in [5, 5.41) is 11.4. The molecule has 0 aromatic carbocycles. The zero-order valence-electron chi connectivity index (χ0n) is 10.9. The van der Waals surface area contributed by atoms with Crippen molar-refractivity contribution in [2.24, 2.45) is 0 Å². The average molecular weight is 264 g/mol. The normalized spacial score (nSPS) is 14.2. The predicted octanol–water partition coefficient (Wildman–Crippen LogP) is 0.183. The van der Waals surface area contributed by atoms with Gasteiger partial charge in [0.2, 0.25) is 10.0 Å². The van der Waals surface area contributed by atoms with Crippen LogP contribution in [0.5, 0.6) is 0 Å². The molecule has 102 valence electrons. The van der Waals surface area contributed by atoms with E-state index in [0.29, 0.717) is 6.54 Å². The van der Waals surface area contributed by atoms with Gasteiger partial charge in [0.25, 0.3) is 0 Å². The van der Waals surface area contributed by atoms with Crippen LogP contribution in [0.15, 0.2) is 12.7 Å². The van der Waals surface area contributed by atoms with E-state index in [1.807, 2.05) is 13.8 Å². The summed E-state index contributed by atoms with van der Waals surface area (Å²) in [6.07, 6.45) is 1.52. The molecule has 0 aliphatic rings. The third-order valence-corrected chi connectivity index (χ3v) is 4.60. The number of rotatable bonds is 9. The van der Waals surface area contributed by atoms with Crippen molar-refractivity contribution in [1.82, 2.24) is 9.62 Å². The molecule has 6 heteroatoms. The highest BCUT2D eigenvalue weighted by atomic mass is 32.2. The fourth-order valence-corrected chi connectivity index (χ4v) is 2.80. The Morgan fingerprint density at radius 3 is 2.41 bits per heavy atom. The molecule has 0 heterocycles. The van der Waals surface area contributed by atoms with Gasteiger partial charge in [0.1, 0.15) is 0 Å². The molecule has 0 spiro atoms. The van der Waals surface area contributed by atoms with Crippen LogP contribution in [-0.4, -0.2) is 55.4 Å². The van der Waals surface area contributed by atoms with Crippen molar-refractivity contribution in [3.63, 3.8) is 0 Å². The third-order valence-electron chi connectivity index (χ3n) is 2.36. The summed E-state index contributed by atoms with van der Waals surface area (Å²) in [6.45, 7) is 9.69. The molecular weight excluding hydrogens is 240 g/mol. The maximum absolute atomic E-state index is 12.2. The van der Waals surface area contributed by atoms with Crippen LogP contribution in [0.1, 0.15) is 20.8 Å². The van der Waals surface area contributed by atoms with Crippen molar-refractivity contribution in [2.45, 2.75) is 32.1 Å². The second-order valence-corrected chi connectivity index (χ2v) is 6.64. The minimum absolute atomic E-state index is 0.111. The lowest BCUT2D eigenvalue weighted by atomic mass is 10.3. The maximum atomic E-state index is 12.2. The van der Waals surface area contributed by atoms with Gasteiger partial charge in [0.15, 0.2) is 0 Å². The van der Waals surface area contributed by atoms with E-state index in [-0.39, 0.29) is 25.7 Å². The van der Waals surface area contributed by atoms with Crippen LogP contribution in [0.4, 0.5) is 0 Å². The number of nitrogens with one attached hydrogen (secondary N) is 1. The van der Waals surface area contributed by atoms with Crippen molar-refractivity contribution in [3.8, 4) is 0 Å². The Bertz CT molecular complexity index is 315. The molecule has 2 N–H and O–H groups in total. The van der Waals surface area contributed by atoms with E-state index in [9.17, 15) is 8.42 Å². The molecule has 0 aliphatic carbocycles. The maximum Gasteiger partial charge on any atom is 0.218 e. The third kappa shape index (κ3) is 5.63. The molecule has 0 aliphatic heterocycles. The van der Waals surface area contributed by atoms with Crippen LogP contribution in [0.2, 0.25) is 0 Å². The number of sulfonamides is 1. The molecule has 0 rings (SSSR count). The molecule has 0 saturated heterocycles. The average Bonchev–Trinajstić information content (AvgIpc) is 2.25. The van der Waals surface area contributed by atoms with Crippen LogP contribution in [0, 0.1) is 0 Å². The Kier molecular flexibility index (Phi) is 7.61. The number of aliphatic hydroxyl groups is 1. The van der Waals surface area contributed by atoms with Crippen LogP contribution in [-0.2, 0) is 10.0 Å². The van der Waals surface area contributed by atoms with E-state index >= 15 is 0 Å². The van der Waals surface area contributed by atoms with E-state index in [2.05, 4.69) is 11.9 Å². The monoisotopic (exact) mass is 264 g/mol.